The molecule has 0 aliphatic heterocycles. The third-order valence-electron chi connectivity index (χ3n) is 2.21. The number of halogens is 1. The van der Waals surface area contributed by atoms with Crippen molar-refractivity contribution >= 4 is 28.8 Å². The zero-order valence-electron chi connectivity index (χ0n) is 8.83. The highest BCUT2D eigenvalue weighted by Crippen LogP contribution is 2.07. The number of rotatable bonds is 6. The number of nitrogens with one attached hydrogen (secondary N) is 1. The molecule has 1 aromatic rings. The molecule has 0 aromatic carbocycles. The van der Waals surface area contributed by atoms with Crippen LogP contribution in [-0.4, -0.2) is 18.3 Å². The van der Waals surface area contributed by atoms with Gasteiger partial charge in [0.15, 0.2) is 0 Å². The molecule has 15 heavy (non-hydrogen) atoms. The van der Waals surface area contributed by atoms with Crippen LogP contribution in [0.2, 0.25) is 0 Å². The van der Waals surface area contributed by atoms with Crippen LogP contribution in [0.25, 0.3) is 0 Å². The molecule has 2 nitrogen and oxygen atoms in total. The molecular weight excluding hydrogens is 230 g/mol. The van der Waals surface area contributed by atoms with Crippen molar-refractivity contribution in [3.05, 3.63) is 22.4 Å². The van der Waals surface area contributed by atoms with E-state index in [0.717, 1.165) is 24.9 Å². The number of hydrogen-bond donors (Lipinski definition) is 1. The molecule has 0 radical (unpaired) electrons. The van der Waals surface area contributed by atoms with Crippen LogP contribution in [0.5, 0.6) is 0 Å². The lowest BCUT2D eigenvalue weighted by atomic mass is 10.1. The van der Waals surface area contributed by atoms with Gasteiger partial charge in [0.1, 0.15) is 0 Å². The number of carbonyl (C=O) groups is 1. The lowest BCUT2D eigenvalue weighted by molar-refractivity contribution is 0.0953. The highest BCUT2D eigenvalue weighted by molar-refractivity contribution is 7.08. The van der Waals surface area contributed by atoms with Crippen molar-refractivity contribution in [1.29, 1.82) is 0 Å². The lowest BCUT2D eigenvalue weighted by Gasteiger charge is -2.07. The smallest absolute Gasteiger partial charge is 0.252 e. The van der Waals surface area contributed by atoms with E-state index in [1.165, 1.54) is 11.3 Å². The van der Waals surface area contributed by atoms with Gasteiger partial charge in [0.25, 0.3) is 5.91 Å². The summed E-state index contributed by atoms with van der Waals surface area (Å²) in [5.41, 5.74) is 0.755. The molecule has 0 spiro atoms. The van der Waals surface area contributed by atoms with Gasteiger partial charge in [-0.3, -0.25) is 4.79 Å². The number of hydrogen-bond acceptors (Lipinski definition) is 2. The molecule has 0 bridgehead atoms. The normalized spacial score (nSPS) is 12.4. The largest absolute Gasteiger partial charge is 0.352 e. The van der Waals surface area contributed by atoms with Gasteiger partial charge in [-0.1, -0.05) is 6.92 Å². The Morgan fingerprint density at radius 1 is 1.67 bits per heavy atom. The molecule has 1 rings (SSSR count). The van der Waals surface area contributed by atoms with Crippen LogP contribution in [0.15, 0.2) is 16.8 Å². The Kier molecular flexibility index (Phi) is 5.73. The van der Waals surface area contributed by atoms with Crippen LogP contribution < -0.4 is 5.32 Å². The number of alkyl halides is 1. The minimum Gasteiger partial charge on any atom is -0.352 e. The van der Waals surface area contributed by atoms with E-state index in [-0.39, 0.29) is 5.91 Å². The SMILES string of the molecule is CC(CCl)CCCNC(=O)c1ccsc1. The van der Waals surface area contributed by atoms with Crippen molar-refractivity contribution in [2.24, 2.45) is 5.92 Å². The molecule has 0 fully saturated rings. The zero-order valence-corrected chi connectivity index (χ0v) is 10.4. The molecule has 1 aromatic heterocycles. The van der Waals surface area contributed by atoms with E-state index >= 15 is 0 Å². The minimum atomic E-state index is 0.0229. The van der Waals surface area contributed by atoms with E-state index in [1.807, 2.05) is 16.8 Å². The van der Waals surface area contributed by atoms with Crippen molar-refractivity contribution in [1.82, 2.24) is 5.32 Å². The van der Waals surface area contributed by atoms with E-state index in [2.05, 4.69) is 12.2 Å². The lowest BCUT2D eigenvalue weighted by Crippen LogP contribution is -2.24. The van der Waals surface area contributed by atoms with Crippen molar-refractivity contribution < 1.29 is 4.79 Å². The maximum Gasteiger partial charge on any atom is 0.252 e. The Balaban J connectivity index is 2.13. The number of carbonyl (C=O) groups excluding carboxylic acids is 1. The van der Waals surface area contributed by atoms with Gasteiger partial charge >= 0.3 is 0 Å². The van der Waals surface area contributed by atoms with Crippen molar-refractivity contribution in [2.75, 3.05) is 12.4 Å². The predicted octanol–water partition coefficient (Wildman–Crippen LogP) is 3.13. The number of thiophene rings is 1. The van der Waals surface area contributed by atoms with Gasteiger partial charge in [0, 0.05) is 23.4 Å². The van der Waals surface area contributed by atoms with Crippen LogP contribution in [0, 0.1) is 5.92 Å². The molecule has 84 valence electrons. The van der Waals surface area contributed by atoms with E-state index in [4.69, 9.17) is 11.6 Å². The first-order valence-electron chi connectivity index (χ1n) is 5.10. The Bertz CT molecular complexity index is 287. The second-order valence-electron chi connectivity index (χ2n) is 3.67. The summed E-state index contributed by atoms with van der Waals surface area (Å²) in [4.78, 5) is 11.5. The van der Waals surface area contributed by atoms with Crippen molar-refractivity contribution in [3.8, 4) is 0 Å². The third kappa shape index (κ3) is 4.67. The van der Waals surface area contributed by atoms with Gasteiger partial charge in [-0.25, -0.2) is 0 Å². The molecule has 1 amide bonds. The summed E-state index contributed by atoms with van der Waals surface area (Å²) < 4.78 is 0. The summed E-state index contributed by atoms with van der Waals surface area (Å²) in [5, 5.41) is 6.65. The summed E-state index contributed by atoms with van der Waals surface area (Å²) in [7, 11) is 0. The van der Waals surface area contributed by atoms with Crippen molar-refractivity contribution in [2.45, 2.75) is 19.8 Å². The van der Waals surface area contributed by atoms with Crippen LogP contribution in [0.3, 0.4) is 0 Å². The summed E-state index contributed by atoms with van der Waals surface area (Å²) in [6.45, 7) is 2.85. The van der Waals surface area contributed by atoms with Crippen LogP contribution in [-0.2, 0) is 0 Å². The van der Waals surface area contributed by atoms with E-state index in [0.29, 0.717) is 11.8 Å². The molecule has 1 unspecified atom stereocenters. The molecule has 4 heteroatoms. The Hall–Kier alpha value is -0.540. The van der Waals surface area contributed by atoms with Crippen LogP contribution >= 0.6 is 22.9 Å². The van der Waals surface area contributed by atoms with E-state index in [9.17, 15) is 4.79 Å². The second-order valence-corrected chi connectivity index (χ2v) is 4.76. The summed E-state index contributed by atoms with van der Waals surface area (Å²) in [6.07, 6.45) is 2.05. The highest BCUT2D eigenvalue weighted by atomic mass is 35.5. The first-order valence-corrected chi connectivity index (χ1v) is 6.58. The monoisotopic (exact) mass is 245 g/mol. The Labute approximate surface area is 99.6 Å². The molecule has 1 N–H and O–H groups in total. The quantitative estimate of drug-likeness (QED) is 0.606. The summed E-state index contributed by atoms with van der Waals surface area (Å²) in [6, 6.07) is 1.83. The average Bonchev–Trinajstić information content (AvgIpc) is 2.77. The van der Waals surface area contributed by atoms with Gasteiger partial charge in [0.05, 0.1) is 0 Å². The van der Waals surface area contributed by atoms with Gasteiger partial charge in [-0.2, -0.15) is 11.3 Å². The fraction of sp³-hybridized carbons (Fsp3) is 0.545. The fourth-order valence-corrected chi connectivity index (χ4v) is 2.02. The third-order valence-corrected chi connectivity index (χ3v) is 3.42. The van der Waals surface area contributed by atoms with E-state index < -0.39 is 0 Å². The maximum atomic E-state index is 11.5. The molecule has 0 aliphatic rings. The molecule has 0 saturated heterocycles. The van der Waals surface area contributed by atoms with Gasteiger partial charge in [0.2, 0.25) is 0 Å². The summed E-state index contributed by atoms with van der Waals surface area (Å²) >= 11 is 7.23. The average molecular weight is 246 g/mol. The van der Waals surface area contributed by atoms with Gasteiger partial charge in [-0.15, -0.1) is 11.6 Å². The zero-order chi connectivity index (χ0) is 11.1. The molecule has 0 saturated carbocycles. The molecule has 0 aliphatic carbocycles. The first kappa shape index (κ1) is 12.5. The Morgan fingerprint density at radius 2 is 2.47 bits per heavy atom. The van der Waals surface area contributed by atoms with E-state index in [1.54, 1.807) is 0 Å². The standard InChI is InChI=1S/C11H16ClNOS/c1-9(7-12)3-2-5-13-11(14)10-4-6-15-8-10/h4,6,8-9H,2-3,5,7H2,1H3,(H,13,14). The minimum absolute atomic E-state index is 0.0229. The molecule has 1 atom stereocenters. The first-order chi connectivity index (χ1) is 7.24. The second kappa shape index (κ2) is 6.85. The van der Waals surface area contributed by atoms with Crippen LogP contribution in [0.4, 0.5) is 0 Å². The predicted molar refractivity (Wildman–Crippen MR) is 65.8 cm³/mol. The van der Waals surface area contributed by atoms with Crippen molar-refractivity contribution in [3.63, 3.8) is 0 Å². The topological polar surface area (TPSA) is 29.1 Å². The molecular formula is C11H16ClNOS. The van der Waals surface area contributed by atoms with Gasteiger partial charge < -0.3 is 5.32 Å². The summed E-state index contributed by atoms with van der Waals surface area (Å²) in [5.74, 6) is 1.25. The van der Waals surface area contributed by atoms with Crippen LogP contribution in [0.1, 0.15) is 30.1 Å². The highest BCUT2D eigenvalue weighted by Gasteiger charge is 2.05. The van der Waals surface area contributed by atoms with Gasteiger partial charge in [-0.05, 0) is 30.2 Å². The fourth-order valence-electron chi connectivity index (χ4n) is 1.23. The number of amides is 1. The molecule has 1 heterocycles. The Morgan fingerprint density at radius 3 is 3.07 bits per heavy atom. The maximum absolute atomic E-state index is 11.5.